The molecule has 0 unspecified atom stereocenters. The van der Waals surface area contributed by atoms with Gasteiger partial charge in [-0.1, -0.05) is 42.0 Å². The SMILES string of the molecule is COc1cccc(-c2cc(=O)n3c4ccccc4n(CC(=O)Nc4ccc(C)cc4C)c3n2)c1. The fraction of sp³-hybridized carbons (Fsp3) is 0.148. The molecule has 2 heterocycles. The number of ether oxygens (including phenoxy) is 1. The third-order valence-corrected chi connectivity index (χ3v) is 5.88. The van der Waals surface area contributed by atoms with Crippen LogP contribution in [0, 0.1) is 13.8 Å². The highest BCUT2D eigenvalue weighted by molar-refractivity contribution is 5.93. The van der Waals surface area contributed by atoms with Gasteiger partial charge in [0.2, 0.25) is 11.7 Å². The van der Waals surface area contributed by atoms with Gasteiger partial charge in [0, 0.05) is 17.3 Å². The van der Waals surface area contributed by atoms with E-state index in [2.05, 4.69) is 5.32 Å². The van der Waals surface area contributed by atoms with Gasteiger partial charge in [-0.05, 0) is 49.7 Å². The third-order valence-electron chi connectivity index (χ3n) is 5.88. The maximum absolute atomic E-state index is 13.2. The number of hydrogen-bond donors (Lipinski definition) is 1. The van der Waals surface area contributed by atoms with Gasteiger partial charge in [0.15, 0.2) is 0 Å². The Morgan fingerprint density at radius 2 is 1.76 bits per heavy atom. The number of carbonyl (C=O) groups excluding carboxylic acids is 1. The Morgan fingerprint density at radius 1 is 0.971 bits per heavy atom. The minimum absolute atomic E-state index is 0.0122. The lowest BCUT2D eigenvalue weighted by molar-refractivity contribution is -0.116. The molecule has 2 aromatic heterocycles. The number of methoxy groups -OCH3 is 1. The topological polar surface area (TPSA) is 77.6 Å². The van der Waals surface area contributed by atoms with Crippen LogP contribution < -0.4 is 15.6 Å². The molecule has 34 heavy (non-hydrogen) atoms. The average molecular weight is 453 g/mol. The molecule has 0 aliphatic carbocycles. The first kappa shape index (κ1) is 21.5. The fourth-order valence-electron chi connectivity index (χ4n) is 4.24. The van der Waals surface area contributed by atoms with Crippen LogP contribution in [-0.2, 0) is 11.3 Å². The van der Waals surface area contributed by atoms with E-state index in [0.717, 1.165) is 27.9 Å². The van der Waals surface area contributed by atoms with Crippen molar-refractivity contribution in [2.24, 2.45) is 0 Å². The van der Waals surface area contributed by atoms with Crippen molar-refractivity contribution in [1.82, 2.24) is 14.0 Å². The Labute approximate surface area is 196 Å². The summed E-state index contributed by atoms with van der Waals surface area (Å²) in [4.78, 5) is 31.0. The molecule has 5 rings (SSSR count). The average Bonchev–Trinajstić information content (AvgIpc) is 3.15. The number of aryl methyl sites for hydroxylation is 2. The van der Waals surface area contributed by atoms with Crippen molar-refractivity contribution in [3.63, 3.8) is 0 Å². The van der Waals surface area contributed by atoms with Crippen LogP contribution in [0.25, 0.3) is 28.1 Å². The molecule has 1 amide bonds. The van der Waals surface area contributed by atoms with Gasteiger partial charge in [-0.2, -0.15) is 0 Å². The van der Waals surface area contributed by atoms with Gasteiger partial charge in [0.25, 0.3) is 5.56 Å². The molecular weight excluding hydrogens is 428 g/mol. The molecule has 1 N–H and O–H groups in total. The standard InChI is InChI=1S/C27H24N4O3/c1-17-11-12-21(18(2)13-17)28-25(32)16-30-23-9-4-5-10-24(23)31-26(33)15-22(29-27(30)31)19-7-6-8-20(14-19)34-3/h4-15H,16H2,1-3H3,(H,28,32). The zero-order valence-electron chi connectivity index (χ0n) is 19.2. The molecule has 0 saturated heterocycles. The second-order valence-electron chi connectivity index (χ2n) is 8.29. The molecule has 0 radical (unpaired) electrons. The molecule has 0 aliphatic heterocycles. The lowest BCUT2D eigenvalue weighted by Gasteiger charge is -2.11. The molecule has 0 spiro atoms. The summed E-state index contributed by atoms with van der Waals surface area (Å²) >= 11 is 0. The Hall–Kier alpha value is -4.39. The van der Waals surface area contributed by atoms with Crippen LogP contribution in [-0.4, -0.2) is 27.0 Å². The van der Waals surface area contributed by atoms with Crippen LogP contribution in [0.4, 0.5) is 5.69 Å². The Balaban J connectivity index is 1.62. The number of nitrogens with zero attached hydrogens (tertiary/aromatic N) is 3. The van der Waals surface area contributed by atoms with E-state index in [4.69, 9.17) is 9.72 Å². The first-order valence-electron chi connectivity index (χ1n) is 11.0. The summed E-state index contributed by atoms with van der Waals surface area (Å²) in [7, 11) is 1.59. The van der Waals surface area contributed by atoms with Crippen molar-refractivity contribution in [1.29, 1.82) is 0 Å². The fourth-order valence-corrected chi connectivity index (χ4v) is 4.24. The lowest BCUT2D eigenvalue weighted by Crippen LogP contribution is -2.21. The first-order valence-corrected chi connectivity index (χ1v) is 11.0. The van der Waals surface area contributed by atoms with E-state index >= 15 is 0 Å². The molecule has 7 heteroatoms. The van der Waals surface area contributed by atoms with E-state index in [9.17, 15) is 9.59 Å². The van der Waals surface area contributed by atoms with Gasteiger partial charge >= 0.3 is 0 Å². The number of anilines is 1. The van der Waals surface area contributed by atoms with Gasteiger partial charge in [-0.25, -0.2) is 9.38 Å². The zero-order chi connectivity index (χ0) is 23.8. The smallest absolute Gasteiger partial charge is 0.260 e. The van der Waals surface area contributed by atoms with Gasteiger partial charge in [0.05, 0.1) is 23.8 Å². The zero-order valence-corrected chi connectivity index (χ0v) is 19.2. The summed E-state index contributed by atoms with van der Waals surface area (Å²) in [6, 6.07) is 22.3. The number of amides is 1. The van der Waals surface area contributed by atoms with E-state index < -0.39 is 0 Å². The molecule has 170 valence electrons. The quantitative estimate of drug-likeness (QED) is 0.423. The number of imidazole rings is 1. The van der Waals surface area contributed by atoms with Crippen LogP contribution in [0.15, 0.2) is 77.6 Å². The molecule has 0 aliphatic rings. The summed E-state index contributed by atoms with van der Waals surface area (Å²) in [6.07, 6.45) is 0. The van der Waals surface area contributed by atoms with Crippen molar-refractivity contribution in [3.8, 4) is 17.0 Å². The van der Waals surface area contributed by atoms with Crippen molar-refractivity contribution >= 4 is 28.4 Å². The summed E-state index contributed by atoms with van der Waals surface area (Å²) < 4.78 is 8.64. The number of hydrogen-bond acceptors (Lipinski definition) is 4. The molecule has 3 aromatic carbocycles. The van der Waals surface area contributed by atoms with Crippen LogP contribution >= 0.6 is 0 Å². The molecule has 0 bridgehead atoms. The van der Waals surface area contributed by atoms with Crippen molar-refractivity contribution in [2.75, 3.05) is 12.4 Å². The van der Waals surface area contributed by atoms with Crippen LogP contribution in [0.3, 0.4) is 0 Å². The predicted octanol–water partition coefficient (Wildman–Crippen LogP) is 4.58. The molecule has 5 aromatic rings. The summed E-state index contributed by atoms with van der Waals surface area (Å²) in [6.45, 7) is 3.99. The van der Waals surface area contributed by atoms with Crippen molar-refractivity contribution in [2.45, 2.75) is 20.4 Å². The highest BCUT2D eigenvalue weighted by atomic mass is 16.5. The number of rotatable bonds is 5. The number of para-hydroxylation sites is 2. The largest absolute Gasteiger partial charge is 0.497 e. The van der Waals surface area contributed by atoms with E-state index in [-0.39, 0.29) is 18.0 Å². The van der Waals surface area contributed by atoms with Gasteiger partial charge in [-0.3, -0.25) is 9.59 Å². The third kappa shape index (κ3) is 3.81. The number of carbonyl (C=O) groups is 1. The molecular formula is C27H24N4O3. The Kier molecular flexibility index (Phi) is 5.37. The molecule has 7 nitrogen and oxygen atoms in total. The Morgan fingerprint density at radius 3 is 2.53 bits per heavy atom. The molecule has 0 fully saturated rings. The minimum Gasteiger partial charge on any atom is -0.497 e. The summed E-state index contributed by atoms with van der Waals surface area (Å²) in [5, 5.41) is 2.99. The maximum atomic E-state index is 13.2. The lowest BCUT2D eigenvalue weighted by atomic mass is 10.1. The van der Waals surface area contributed by atoms with Gasteiger partial charge < -0.3 is 14.6 Å². The second-order valence-corrected chi connectivity index (χ2v) is 8.29. The van der Waals surface area contributed by atoms with E-state index in [1.165, 1.54) is 6.07 Å². The van der Waals surface area contributed by atoms with Crippen LogP contribution in [0.1, 0.15) is 11.1 Å². The van der Waals surface area contributed by atoms with E-state index in [1.807, 2.05) is 80.6 Å². The monoisotopic (exact) mass is 452 g/mol. The minimum atomic E-state index is -0.215. The van der Waals surface area contributed by atoms with E-state index in [1.54, 1.807) is 16.1 Å². The predicted molar refractivity (Wildman–Crippen MR) is 133 cm³/mol. The van der Waals surface area contributed by atoms with Crippen molar-refractivity contribution in [3.05, 3.63) is 94.3 Å². The number of fused-ring (bicyclic) bond motifs is 3. The maximum Gasteiger partial charge on any atom is 0.260 e. The van der Waals surface area contributed by atoms with Crippen molar-refractivity contribution < 1.29 is 9.53 Å². The van der Waals surface area contributed by atoms with Crippen LogP contribution in [0.5, 0.6) is 5.75 Å². The highest BCUT2D eigenvalue weighted by Gasteiger charge is 2.17. The Bertz CT molecular complexity index is 1610. The normalized spacial score (nSPS) is 11.1. The first-order chi connectivity index (χ1) is 16.4. The second kappa shape index (κ2) is 8.51. The highest BCUT2D eigenvalue weighted by Crippen LogP contribution is 2.24. The summed E-state index contributed by atoms with van der Waals surface area (Å²) in [5.74, 6) is 0.881. The number of benzene rings is 3. The summed E-state index contributed by atoms with van der Waals surface area (Å²) in [5.41, 5.74) is 5.40. The van der Waals surface area contributed by atoms with Crippen LogP contribution in [0.2, 0.25) is 0 Å². The van der Waals surface area contributed by atoms with Gasteiger partial charge in [0.1, 0.15) is 12.3 Å². The molecule has 0 atom stereocenters. The van der Waals surface area contributed by atoms with Gasteiger partial charge in [-0.15, -0.1) is 0 Å². The van der Waals surface area contributed by atoms with E-state index in [0.29, 0.717) is 22.7 Å². The number of nitrogens with one attached hydrogen (secondary N) is 1. The number of aromatic nitrogens is 3. The molecule has 0 saturated carbocycles.